The highest BCUT2D eigenvalue weighted by Crippen LogP contribution is 1.91. The van der Waals surface area contributed by atoms with Crippen LogP contribution in [0.1, 0.15) is 19.3 Å². The molecule has 0 amide bonds. The Hall–Kier alpha value is -0.560. The Morgan fingerprint density at radius 3 is 2.75 bits per heavy atom. The van der Waals surface area contributed by atoms with Crippen LogP contribution in [0, 0.1) is 12.3 Å². The predicted octanol–water partition coefficient (Wildman–Crippen LogP) is -0.267. The molecule has 70 valence electrons. The van der Waals surface area contributed by atoms with Crippen LogP contribution in [-0.2, 0) is 0 Å². The summed E-state index contributed by atoms with van der Waals surface area (Å²) in [6.45, 7) is 1.11. The molecule has 0 aliphatic carbocycles. The van der Waals surface area contributed by atoms with E-state index in [0.717, 1.165) is 25.8 Å². The third kappa shape index (κ3) is 7.55. The summed E-state index contributed by atoms with van der Waals surface area (Å²) in [6, 6.07) is 0. The van der Waals surface area contributed by atoms with Crippen LogP contribution in [0.5, 0.6) is 0 Å². The lowest BCUT2D eigenvalue weighted by molar-refractivity contribution is 0.0945. The molecule has 0 saturated carbocycles. The maximum Gasteiger partial charge on any atom is 0.0894 e. The monoisotopic (exact) mass is 171 g/mol. The van der Waals surface area contributed by atoms with E-state index in [4.69, 9.17) is 16.6 Å². The van der Waals surface area contributed by atoms with E-state index in [0.29, 0.717) is 6.54 Å². The zero-order valence-corrected chi connectivity index (χ0v) is 7.29. The van der Waals surface area contributed by atoms with Crippen molar-refractivity contribution in [2.75, 3.05) is 19.7 Å². The fraction of sp³-hybridized carbons (Fsp3) is 0.778. The minimum atomic E-state index is -0.641. The lowest BCUT2D eigenvalue weighted by Crippen LogP contribution is -2.29. The van der Waals surface area contributed by atoms with Gasteiger partial charge in [0, 0.05) is 13.0 Å². The summed E-state index contributed by atoms with van der Waals surface area (Å²) in [5.74, 6) is 2.56. The molecule has 0 aromatic carbocycles. The molecule has 3 heteroatoms. The van der Waals surface area contributed by atoms with Gasteiger partial charge in [0.25, 0.3) is 0 Å². The van der Waals surface area contributed by atoms with E-state index >= 15 is 0 Å². The second-order valence-corrected chi connectivity index (χ2v) is 2.70. The molecular formula is C9H17NO2. The Balaban J connectivity index is 2.96. The van der Waals surface area contributed by atoms with E-state index in [1.54, 1.807) is 0 Å². The second kappa shape index (κ2) is 8.54. The molecule has 0 aromatic rings. The van der Waals surface area contributed by atoms with Gasteiger partial charge in [-0.2, -0.15) is 0 Å². The Kier molecular flexibility index (Phi) is 8.14. The molecule has 0 aliphatic heterocycles. The first kappa shape index (κ1) is 11.4. The van der Waals surface area contributed by atoms with Crippen LogP contribution in [0.4, 0.5) is 0 Å². The summed E-state index contributed by atoms with van der Waals surface area (Å²) in [4.78, 5) is 0. The fourth-order valence-corrected chi connectivity index (χ4v) is 0.810. The van der Waals surface area contributed by atoms with Crippen molar-refractivity contribution in [1.82, 2.24) is 5.32 Å². The average molecular weight is 171 g/mol. The molecule has 0 bridgehead atoms. The lowest BCUT2D eigenvalue weighted by Gasteiger charge is -2.07. The highest BCUT2D eigenvalue weighted by molar-refractivity contribution is 4.82. The minimum Gasteiger partial charge on any atom is -0.394 e. The van der Waals surface area contributed by atoms with Gasteiger partial charge in [0.2, 0.25) is 0 Å². The first-order valence-electron chi connectivity index (χ1n) is 4.24. The zero-order chi connectivity index (χ0) is 9.23. The maximum atomic E-state index is 8.92. The first-order chi connectivity index (χ1) is 5.81. The minimum absolute atomic E-state index is 0.183. The van der Waals surface area contributed by atoms with Gasteiger partial charge in [0.05, 0.1) is 12.7 Å². The molecule has 0 heterocycles. The average Bonchev–Trinajstić information content (AvgIpc) is 2.10. The van der Waals surface area contributed by atoms with Crippen LogP contribution in [0.15, 0.2) is 0 Å². The van der Waals surface area contributed by atoms with Crippen molar-refractivity contribution in [3.63, 3.8) is 0 Å². The summed E-state index contributed by atoms with van der Waals surface area (Å²) in [5.41, 5.74) is 0. The number of hydrogen-bond acceptors (Lipinski definition) is 3. The molecule has 0 fully saturated rings. The van der Waals surface area contributed by atoms with Crippen LogP contribution in [0.25, 0.3) is 0 Å². The molecule has 0 aliphatic rings. The smallest absolute Gasteiger partial charge is 0.0894 e. The standard InChI is InChI=1S/C9H17NO2/c1-2-3-4-5-6-10-7-9(12)8-11/h1,9-12H,3-8H2/t9-/m0/s1. The summed E-state index contributed by atoms with van der Waals surface area (Å²) in [5, 5.41) is 20.4. The van der Waals surface area contributed by atoms with Crippen molar-refractivity contribution in [1.29, 1.82) is 0 Å². The largest absolute Gasteiger partial charge is 0.394 e. The van der Waals surface area contributed by atoms with Gasteiger partial charge in [-0.3, -0.25) is 0 Å². The van der Waals surface area contributed by atoms with Crippen LogP contribution < -0.4 is 5.32 Å². The van der Waals surface area contributed by atoms with Gasteiger partial charge < -0.3 is 15.5 Å². The second-order valence-electron chi connectivity index (χ2n) is 2.70. The van der Waals surface area contributed by atoms with E-state index in [1.807, 2.05) is 0 Å². The normalized spacial score (nSPS) is 12.4. The van der Waals surface area contributed by atoms with Crippen LogP contribution in [-0.4, -0.2) is 36.0 Å². The Bertz CT molecular complexity index is 131. The van der Waals surface area contributed by atoms with Crippen molar-refractivity contribution < 1.29 is 10.2 Å². The van der Waals surface area contributed by atoms with Crippen molar-refractivity contribution in [2.24, 2.45) is 0 Å². The molecule has 0 spiro atoms. The van der Waals surface area contributed by atoms with Crippen LogP contribution in [0.3, 0.4) is 0 Å². The molecule has 1 atom stereocenters. The van der Waals surface area contributed by atoms with E-state index in [-0.39, 0.29) is 6.61 Å². The van der Waals surface area contributed by atoms with Crippen molar-refractivity contribution in [3.05, 3.63) is 0 Å². The summed E-state index contributed by atoms with van der Waals surface area (Å²) in [7, 11) is 0. The van der Waals surface area contributed by atoms with Crippen molar-refractivity contribution >= 4 is 0 Å². The van der Waals surface area contributed by atoms with Gasteiger partial charge in [-0.15, -0.1) is 12.3 Å². The van der Waals surface area contributed by atoms with Crippen LogP contribution >= 0.6 is 0 Å². The Morgan fingerprint density at radius 1 is 1.42 bits per heavy atom. The van der Waals surface area contributed by atoms with E-state index < -0.39 is 6.10 Å². The first-order valence-corrected chi connectivity index (χ1v) is 4.24. The molecule has 3 N–H and O–H groups in total. The third-order valence-electron chi connectivity index (χ3n) is 1.52. The summed E-state index contributed by atoms with van der Waals surface area (Å²) >= 11 is 0. The number of nitrogens with one attached hydrogen (secondary N) is 1. The van der Waals surface area contributed by atoms with Gasteiger partial charge in [0.1, 0.15) is 0 Å². The molecule has 0 aromatic heterocycles. The molecule has 0 unspecified atom stereocenters. The SMILES string of the molecule is C#CCCCCNC[C@H](O)CO. The highest BCUT2D eigenvalue weighted by atomic mass is 16.3. The van der Waals surface area contributed by atoms with E-state index in [2.05, 4.69) is 11.2 Å². The predicted molar refractivity (Wildman–Crippen MR) is 48.6 cm³/mol. The van der Waals surface area contributed by atoms with E-state index in [9.17, 15) is 0 Å². The molecule has 12 heavy (non-hydrogen) atoms. The van der Waals surface area contributed by atoms with E-state index in [1.165, 1.54) is 0 Å². The number of rotatable bonds is 7. The Labute approximate surface area is 73.8 Å². The molecular weight excluding hydrogens is 154 g/mol. The third-order valence-corrected chi connectivity index (χ3v) is 1.52. The van der Waals surface area contributed by atoms with Crippen molar-refractivity contribution in [3.8, 4) is 12.3 Å². The molecule has 3 nitrogen and oxygen atoms in total. The van der Waals surface area contributed by atoms with Gasteiger partial charge in [-0.25, -0.2) is 0 Å². The quantitative estimate of drug-likeness (QED) is 0.365. The summed E-state index contributed by atoms with van der Waals surface area (Å²) < 4.78 is 0. The van der Waals surface area contributed by atoms with Gasteiger partial charge in [-0.05, 0) is 19.4 Å². The fourth-order valence-electron chi connectivity index (χ4n) is 0.810. The molecule has 0 saturated heterocycles. The van der Waals surface area contributed by atoms with Crippen LogP contribution in [0.2, 0.25) is 0 Å². The van der Waals surface area contributed by atoms with Gasteiger partial charge in [-0.1, -0.05) is 0 Å². The number of aliphatic hydroxyl groups excluding tert-OH is 2. The highest BCUT2D eigenvalue weighted by Gasteiger charge is 1.98. The summed E-state index contributed by atoms with van der Waals surface area (Å²) in [6.07, 6.45) is 7.27. The number of terminal acetylenes is 1. The Morgan fingerprint density at radius 2 is 2.17 bits per heavy atom. The van der Waals surface area contributed by atoms with Gasteiger partial charge in [0.15, 0.2) is 0 Å². The zero-order valence-electron chi connectivity index (χ0n) is 7.29. The van der Waals surface area contributed by atoms with Crippen molar-refractivity contribution in [2.45, 2.75) is 25.4 Å². The maximum absolute atomic E-state index is 8.92. The molecule has 0 rings (SSSR count). The molecule has 0 radical (unpaired) electrons. The topological polar surface area (TPSA) is 52.5 Å². The lowest BCUT2D eigenvalue weighted by atomic mass is 10.2. The number of hydrogen-bond donors (Lipinski definition) is 3. The number of unbranched alkanes of at least 4 members (excludes halogenated alkanes) is 2. The number of aliphatic hydroxyl groups is 2. The van der Waals surface area contributed by atoms with Gasteiger partial charge >= 0.3 is 0 Å².